The van der Waals surface area contributed by atoms with Crippen LogP contribution in [0.25, 0.3) is 11.5 Å². The third-order valence-corrected chi connectivity index (χ3v) is 2.72. The fourth-order valence-electron chi connectivity index (χ4n) is 1.36. The fraction of sp³-hybridized carbons (Fsp3) is 0.273. The summed E-state index contributed by atoms with van der Waals surface area (Å²) in [5.41, 5.74) is 0.316. The third-order valence-electron chi connectivity index (χ3n) is 2.23. The van der Waals surface area contributed by atoms with E-state index in [9.17, 15) is 4.39 Å². The van der Waals surface area contributed by atoms with Crippen LogP contribution in [-0.2, 0) is 6.42 Å². The highest BCUT2D eigenvalue weighted by molar-refractivity contribution is 9.10. The number of hydrogen-bond acceptors (Lipinski definition) is 4. The van der Waals surface area contributed by atoms with E-state index < -0.39 is 0 Å². The van der Waals surface area contributed by atoms with Gasteiger partial charge >= 0.3 is 0 Å². The highest BCUT2D eigenvalue weighted by atomic mass is 79.9. The zero-order chi connectivity index (χ0) is 12.3. The SMILES string of the molecule is CNCCc1noc(-c2ccc(Br)cc2F)n1. The Morgan fingerprint density at radius 3 is 3.00 bits per heavy atom. The number of halogens is 2. The third kappa shape index (κ3) is 2.89. The Hall–Kier alpha value is -1.27. The monoisotopic (exact) mass is 299 g/mol. The predicted octanol–water partition coefficient (Wildman–Crippen LogP) is 2.40. The molecule has 17 heavy (non-hydrogen) atoms. The molecule has 0 spiro atoms. The number of aromatic nitrogens is 2. The van der Waals surface area contributed by atoms with Crippen LogP contribution in [0.2, 0.25) is 0 Å². The summed E-state index contributed by atoms with van der Waals surface area (Å²) in [5, 5.41) is 6.77. The summed E-state index contributed by atoms with van der Waals surface area (Å²) in [6.45, 7) is 0.752. The van der Waals surface area contributed by atoms with Crippen molar-refractivity contribution in [2.45, 2.75) is 6.42 Å². The van der Waals surface area contributed by atoms with Gasteiger partial charge in [-0.2, -0.15) is 4.98 Å². The lowest BCUT2D eigenvalue weighted by Gasteiger charge is -1.97. The van der Waals surface area contributed by atoms with Crippen LogP contribution in [-0.4, -0.2) is 23.7 Å². The van der Waals surface area contributed by atoms with E-state index >= 15 is 0 Å². The van der Waals surface area contributed by atoms with Crippen molar-refractivity contribution in [3.63, 3.8) is 0 Å². The van der Waals surface area contributed by atoms with Crippen molar-refractivity contribution in [1.29, 1.82) is 0 Å². The molecule has 1 heterocycles. The van der Waals surface area contributed by atoms with Crippen molar-refractivity contribution in [2.24, 2.45) is 0 Å². The van der Waals surface area contributed by atoms with Gasteiger partial charge in [0.25, 0.3) is 5.89 Å². The summed E-state index contributed by atoms with van der Waals surface area (Å²) in [5.74, 6) is 0.390. The highest BCUT2D eigenvalue weighted by Gasteiger charge is 2.13. The summed E-state index contributed by atoms with van der Waals surface area (Å²) in [7, 11) is 1.84. The molecule has 2 rings (SSSR count). The van der Waals surface area contributed by atoms with Gasteiger partial charge in [0.2, 0.25) is 0 Å². The van der Waals surface area contributed by atoms with Crippen molar-refractivity contribution < 1.29 is 8.91 Å². The average molecular weight is 300 g/mol. The normalized spacial score (nSPS) is 10.8. The first-order valence-electron chi connectivity index (χ1n) is 5.13. The summed E-state index contributed by atoms with van der Waals surface area (Å²) in [6, 6.07) is 4.71. The van der Waals surface area contributed by atoms with E-state index in [1.54, 1.807) is 12.1 Å². The van der Waals surface area contributed by atoms with Gasteiger partial charge in [-0.3, -0.25) is 0 Å². The standard InChI is InChI=1S/C11H11BrFN3O/c1-14-5-4-10-15-11(17-16-10)8-3-2-7(12)6-9(8)13/h2-3,6,14H,4-5H2,1H3. The number of nitrogens with one attached hydrogen (secondary N) is 1. The summed E-state index contributed by atoms with van der Waals surface area (Å²) in [4.78, 5) is 4.14. The largest absolute Gasteiger partial charge is 0.334 e. The fourth-order valence-corrected chi connectivity index (χ4v) is 1.70. The molecule has 0 aliphatic carbocycles. The second-order valence-corrected chi connectivity index (χ2v) is 4.41. The van der Waals surface area contributed by atoms with Gasteiger partial charge in [0.05, 0.1) is 5.56 Å². The van der Waals surface area contributed by atoms with Gasteiger partial charge in [-0.25, -0.2) is 4.39 Å². The zero-order valence-electron chi connectivity index (χ0n) is 9.20. The molecule has 0 aliphatic heterocycles. The Morgan fingerprint density at radius 1 is 1.47 bits per heavy atom. The van der Waals surface area contributed by atoms with Crippen LogP contribution < -0.4 is 5.32 Å². The molecule has 1 aromatic heterocycles. The van der Waals surface area contributed by atoms with Crippen molar-refractivity contribution in [3.05, 3.63) is 34.3 Å². The molecule has 0 bridgehead atoms. The van der Waals surface area contributed by atoms with Crippen LogP contribution in [0.4, 0.5) is 4.39 Å². The van der Waals surface area contributed by atoms with Gasteiger partial charge in [-0.1, -0.05) is 21.1 Å². The van der Waals surface area contributed by atoms with Crippen LogP contribution >= 0.6 is 15.9 Å². The second-order valence-electron chi connectivity index (χ2n) is 3.49. The summed E-state index contributed by atoms with van der Waals surface area (Å²) >= 11 is 3.19. The molecule has 0 amide bonds. The van der Waals surface area contributed by atoms with E-state index in [4.69, 9.17) is 4.52 Å². The highest BCUT2D eigenvalue weighted by Crippen LogP contribution is 2.24. The minimum atomic E-state index is -0.386. The van der Waals surface area contributed by atoms with E-state index in [-0.39, 0.29) is 11.7 Å². The average Bonchev–Trinajstić information content (AvgIpc) is 2.75. The molecule has 0 aliphatic rings. The van der Waals surface area contributed by atoms with Crippen molar-refractivity contribution in [1.82, 2.24) is 15.5 Å². The minimum absolute atomic E-state index is 0.209. The topological polar surface area (TPSA) is 51.0 Å². The summed E-state index contributed by atoms with van der Waals surface area (Å²) in [6.07, 6.45) is 0.651. The van der Waals surface area contributed by atoms with Crippen molar-refractivity contribution in [2.75, 3.05) is 13.6 Å². The molecule has 0 unspecified atom stereocenters. The number of hydrogen-bond donors (Lipinski definition) is 1. The van der Waals surface area contributed by atoms with Crippen LogP contribution in [0.5, 0.6) is 0 Å². The molecular weight excluding hydrogens is 289 g/mol. The van der Waals surface area contributed by atoms with Gasteiger partial charge in [0, 0.05) is 17.4 Å². The van der Waals surface area contributed by atoms with Gasteiger partial charge in [-0.05, 0) is 25.2 Å². The minimum Gasteiger partial charge on any atom is -0.334 e. The molecule has 0 saturated heterocycles. The molecule has 1 aromatic carbocycles. The first-order chi connectivity index (χ1) is 8.20. The molecule has 2 aromatic rings. The predicted molar refractivity (Wildman–Crippen MR) is 65.0 cm³/mol. The van der Waals surface area contributed by atoms with Crippen LogP contribution in [0.1, 0.15) is 5.82 Å². The Bertz CT molecular complexity index is 515. The Labute approximate surface area is 106 Å². The Morgan fingerprint density at radius 2 is 2.29 bits per heavy atom. The van der Waals surface area contributed by atoms with Gasteiger partial charge in [0.15, 0.2) is 5.82 Å². The van der Waals surface area contributed by atoms with Crippen LogP contribution in [0.15, 0.2) is 27.2 Å². The molecule has 90 valence electrons. The quantitative estimate of drug-likeness (QED) is 0.942. The van der Waals surface area contributed by atoms with E-state index in [1.165, 1.54) is 6.07 Å². The first kappa shape index (κ1) is 12.2. The Balaban J connectivity index is 2.24. The van der Waals surface area contributed by atoms with E-state index in [2.05, 4.69) is 31.4 Å². The van der Waals surface area contributed by atoms with E-state index in [1.807, 2.05) is 7.05 Å². The van der Waals surface area contributed by atoms with Crippen LogP contribution in [0, 0.1) is 5.82 Å². The zero-order valence-corrected chi connectivity index (χ0v) is 10.8. The van der Waals surface area contributed by atoms with Gasteiger partial charge < -0.3 is 9.84 Å². The molecule has 4 nitrogen and oxygen atoms in total. The maximum Gasteiger partial charge on any atom is 0.260 e. The van der Waals surface area contributed by atoms with Crippen LogP contribution in [0.3, 0.4) is 0 Å². The number of benzene rings is 1. The molecule has 0 radical (unpaired) electrons. The van der Waals surface area contributed by atoms with Gasteiger partial charge in [0.1, 0.15) is 5.82 Å². The number of likely N-dealkylation sites (N-methyl/N-ethyl adjacent to an activating group) is 1. The van der Waals surface area contributed by atoms with E-state index in [0.29, 0.717) is 22.3 Å². The van der Waals surface area contributed by atoms with Crippen molar-refractivity contribution in [3.8, 4) is 11.5 Å². The molecule has 0 fully saturated rings. The van der Waals surface area contributed by atoms with E-state index in [0.717, 1.165) is 6.54 Å². The number of rotatable bonds is 4. The molecule has 0 atom stereocenters. The molecule has 1 N–H and O–H groups in total. The number of nitrogens with zero attached hydrogens (tertiary/aromatic N) is 2. The first-order valence-corrected chi connectivity index (χ1v) is 5.92. The summed E-state index contributed by atoms with van der Waals surface area (Å²) < 4.78 is 19.3. The second kappa shape index (κ2) is 5.37. The molecule has 0 saturated carbocycles. The molecular formula is C11H11BrFN3O. The Kier molecular flexibility index (Phi) is 3.86. The van der Waals surface area contributed by atoms with Gasteiger partial charge in [-0.15, -0.1) is 0 Å². The lowest BCUT2D eigenvalue weighted by Crippen LogP contribution is -2.11. The maximum absolute atomic E-state index is 13.6. The lowest BCUT2D eigenvalue weighted by atomic mass is 10.2. The van der Waals surface area contributed by atoms with Crippen molar-refractivity contribution >= 4 is 15.9 Å². The maximum atomic E-state index is 13.6. The smallest absolute Gasteiger partial charge is 0.260 e. The molecule has 6 heteroatoms. The lowest BCUT2D eigenvalue weighted by molar-refractivity contribution is 0.420.